The Morgan fingerprint density at radius 1 is 0.342 bits per heavy atom. The van der Waals surface area contributed by atoms with E-state index in [9.17, 15) is 0 Å². The Labute approximate surface area is 223 Å². The molecule has 7 rings (SSSR count). The van der Waals surface area contributed by atoms with Gasteiger partial charge in [-0.1, -0.05) is 139 Å². The Morgan fingerprint density at radius 3 is 1.50 bits per heavy atom. The molecule has 180 valence electrons. The van der Waals surface area contributed by atoms with Crippen LogP contribution in [0.25, 0.3) is 65.7 Å². The van der Waals surface area contributed by atoms with Crippen LogP contribution in [-0.4, -0.2) is 0 Å². The molecule has 0 nitrogen and oxygen atoms in total. The van der Waals surface area contributed by atoms with Crippen molar-refractivity contribution in [2.45, 2.75) is 13.8 Å². The summed E-state index contributed by atoms with van der Waals surface area (Å²) in [5.74, 6) is 0. The summed E-state index contributed by atoms with van der Waals surface area (Å²) in [5, 5.41) is 7.78. The van der Waals surface area contributed by atoms with Crippen molar-refractivity contribution >= 4 is 32.3 Å². The zero-order valence-corrected chi connectivity index (χ0v) is 21.7. The summed E-state index contributed by atoms with van der Waals surface area (Å²) in [5.41, 5.74) is 10.3. The molecule has 0 aromatic heterocycles. The van der Waals surface area contributed by atoms with Crippen molar-refractivity contribution < 1.29 is 0 Å². The minimum absolute atomic E-state index is 1.25. The van der Waals surface area contributed by atoms with E-state index >= 15 is 0 Å². The van der Waals surface area contributed by atoms with Crippen LogP contribution in [0.3, 0.4) is 0 Å². The second kappa shape index (κ2) is 9.01. The molecular weight excluding hydrogens is 456 g/mol. The van der Waals surface area contributed by atoms with Crippen molar-refractivity contribution in [3.63, 3.8) is 0 Å². The highest BCUT2D eigenvalue weighted by atomic mass is 14.2. The van der Waals surface area contributed by atoms with Gasteiger partial charge in [-0.3, -0.25) is 0 Å². The van der Waals surface area contributed by atoms with Gasteiger partial charge in [-0.2, -0.15) is 0 Å². The third-order valence-electron chi connectivity index (χ3n) is 7.82. The first-order valence-electron chi connectivity index (χ1n) is 13.3. The lowest BCUT2D eigenvalue weighted by Gasteiger charge is -2.21. The van der Waals surface area contributed by atoms with E-state index in [2.05, 4.69) is 147 Å². The number of aryl methyl sites for hydroxylation is 2. The van der Waals surface area contributed by atoms with Crippen LogP contribution in [0.1, 0.15) is 11.1 Å². The molecule has 7 aromatic rings. The molecule has 0 aliphatic rings. The van der Waals surface area contributed by atoms with Crippen molar-refractivity contribution in [1.82, 2.24) is 0 Å². The monoisotopic (exact) mass is 484 g/mol. The fourth-order valence-corrected chi connectivity index (χ4v) is 6.18. The molecule has 0 bridgehead atoms. The SMILES string of the molecule is Cc1ccc2c(-c3ccccc3)c3ccccc3c(-c3c(C)cc(-c4ccccc4)c4ccccc34)c2c1. The molecule has 7 aromatic carbocycles. The fourth-order valence-electron chi connectivity index (χ4n) is 6.18. The van der Waals surface area contributed by atoms with Gasteiger partial charge in [0.2, 0.25) is 0 Å². The molecule has 0 unspecified atom stereocenters. The standard InChI is InChI=1S/C38H28/c1-25-21-22-33-35(23-25)38(32-20-12-11-19-31(32)37(33)28-15-7-4-8-16-28)36-26(2)24-34(27-13-5-3-6-14-27)29-17-9-10-18-30(29)36/h3-24H,1-2H3. The summed E-state index contributed by atoms with van der Waals surface area (Å²) in [6.45, 7) is 4.47. The zero-order valence-electron chi connectivity index (χ0n) is 21.7. The average Bonchev–Trinajstić information content (AvgIpc) is 2.97. The Balaban J connectivity index is 1.67. The number of rotatable bonds is 3. The second-order valence-electron chi connectivity index (χ2n) is 10.2. The summed E-state index contributed by atoms with van der Waals surface area (Å²) in [6.07, 6.45) is 0. The Kier molecular flexibility index (Phi) is 5.34. The van der Waals surface area contributed by atoms with Gasteiger partial charge in [0.05, 0.1) is 0 Å². The fraction of sp³-hybridized carbons (Fsp3) is 0.0526. The molecule has 0 atom stereocenters. The minimum Gasteiger partial charge on any atom is -0.0622 e. The van der Waals surface area contributed by atoms with E-state index < -0.39 is 0 Å². The van der Waals surface area contributed by atoms with E-state index in [0.29, 0.717) is 0 Å². The van der Waals surface area contributed by atoms with Crippen LogP contribution >= 0.6 is 0 Å². The van der Waals surface area contributed by atoms with Crippen LogP contribution in [0.2, 0.25) is 0 Å². The third-order valence-corrected chi connectivity index (χ3v) is 7.82. The smallest absolute Gasteiger partial charge is 0.00174 e. The van der Waals surface area contributed by atoms with Crippen molar-refractivity contribution in [1.29, 1.82) is 0 Å². The highest BCUT2D eigenvalue weighted by molar-refractivity contribution is 6.24. The largest absolute Gasteiger partial charge is 0.0622 e. The van der Waals surface area contributed by atoms with E-state index in [1.807, 2.05) is 0 Å². The van der Waals surface area contributed by atoms with Crippen molar-refractivity contribution in [2.24, 2.45) is 0 Å². The Hall–Kier alpha value is -4.68. The lowest BCUT2D eigenvalue weighted by atomic mass is 9.81. The minimum atomic E-state index is 1.25. The Bertz CT molecular complexity index is 1960. The van der Waals surface area contributed by atoms with Gasteiger partial charge in [-0.25, -0.2) is 0 Å². The number of benzene rings is 7. The van der Waals surface area contributed by atoms with Crippen LogP contribution in [0.15, 0.2) is 133 Å². The van der Waals surface area contributed by atoms with Gasteiger partial charge in [0.15, 0.2) is 0 Å². The van der Waals surface area contributed by atoms with Gasteiger partial charge >= 0.3 is 0 Å². The molecule has 0 fully saturated rings. The second-order valence-corrected chi connectivity index (χ2v) is 10.2. The molecule has 0 saturated carbocycles. The molecule has 0 radical (unpaired) electrons. The molecule has 0 aliphatic heterocycles. The Morgan fingerprint density at radius 2 is 0.842 bits per heavy atom. The zero-order chi connectivity index (χ0) is 25.6. The maximum atomic E-state index is 2.38. The molecule has 0 aliphatic carbocycles. The highest BCUT2D eigenvalue weighted by Gasteiger charge is 2.20. The van der Waals surface area contributed by atoms with Crippen LogP contribution < -0.4 is 0 Å². The first-order valence-corrected chi connectivity index (χ1v) is 13.3. The highest BCUT2D eigenvalue weighted by Crippen LogP contribution is 2.47. The number of hydrogen-bond donors (Lipinski definition) is 0. The molecule has 0 N–H and O–H groups in total. The number of hydrogen-bond acceptors (Lipinski definition) is 0. The van der Waals surface area contributed by atoms with Crippen LogP contribution in [0.5, 0.6) is 0 Å². The maximum absolute atomic E-state index is 2.38. The molecule has 0 saturated heterocycles. The molecule has 0 heterocycles. The summed E-state index contributed by atoms with van der Waals surface area (Å²) in [4.78, 5) is 0. The average molecular weight is 485 g/mol. The van der Waals surface area contributed by atoms with E-state index in [1.54, 1.807) is 0 Å². The van der Waals surface area contributed by atoms with Crippen molar-refractivity contribution in [2.75, 3.05) is 0 Å². The summed E-state index contributed by atoms with van der Waals surface area (Å²) < 4.78 is 0. The van der Waals surface area contributed by atoms with E-state index in [4.69, 9.17) is 0 Å². The predicted octanol–water partition coefficient (Wildman–Crippen LogP) is 10.8. The van der Waals surface area contributed by atoms with E-state index in [1.165, 1.54) is 76.8 Å². The summed E-state index contributed by atoms with van der Waals surface area (Å²) in [6, 6.07) is 48.8. The van der Waals surface area contributed by atoms with Gasteiger partial charge in [-0.15, -0.1) is 0 Å². The summed E-state index contributed by atoms with van der Waals surface area (Å²) >= 11 is 0. The molecule has 38 heavy (non-hydrogen) atoms. The first kappa shape index (κ1) is 22.5. The van der Waals surface area contributed by atoms with Gasteiger partial charge in [0, 0.05) is 0 Å². The maximum Gasteiger partial charge on any atom is -0.00174 e. The lowest BCUT2D eigenvalue weighted by Crippen LogP contribution is -1.95. The normalized spacial score (nSPS) is 11.4. The topological polar surface area (TPSA) is 0 Å². The molecule has 0 spiro atoms. The molecule has 0 heteroatoms. The van der Waals surface area contributed by atoms with Crippen LogP contribution in [-0.2, 0) is 0 Å². The number of fused-ring (bicyclic) bond motifs is 3. The molecular formula is C38H28. The quantitative estimate of drug-likeness (QED) is 0.219. The first-order chi connectivity index (χ1) is 18.7. The molecule has 0 amide bonds. The van der Waals surface area contributed by atoms with E-state index in [-0.39, 0.29) is 0 Å². The summed E-state index contributed by atoms with van der Waals surface area (Å²) in [7, 11) is 0. The van der Waals surface area contributed by atoms with Crippen molar-refractivity contribution in [3.05, 3.63) is 145 Å². The lowest BCUT2D eigenvalue weighted by molar-refractivity contribution is 1.48. The van der Waals surface area contributed by atoms with Gasteiger partial charge < -0.3 is 0 Å². The predicted molar refractivity (Wildman–Crippen MR) is 165 cm³/mol. The van der Waals surface area contributed by atoms with Gasteiger partial charge in [0.1, 0.15) is 0 Å². The van der Waals surface area contributed by atoms with Gasteiger partial charge in [0.25, 0.3) is 0 Å². The third kappa shape index (κ3) is 3.53. The van der Waals surface area contributed by atoms with Crippen LogP contribution in [0.4, 0.5) is 0 Å². The van der Waals surface area contributed by atoms with Gasteiger partial charge in [-0.05, 0) is 85.1 Å². The van der Waals surface area contributed by atoms with Crippen molar-refractivity contribution in [3.8, 4) is 33.4 Å². The van der Waals surface area contributed by atoms with Crippen LogP contribution in [0, 0.1) is 13.8 Å². The van der Waals surface area contributed by atoms with E-state index in [0.717, 1.165) is 0 Å².